The number of aromatic amines is 1. The van der Waals surface area contributed by atoms with Crippen LogP contribution in [0.2, 0.25) is 0 Å². The summed E-state index contributed by atoms with van der Waals surface area (Å²) in [6.45, 7) is 1.63. The molecule has 1 aliphatic carbocycles. The van der Waals surface area contributed by atoms with Gasteiger partial charge in [-0.1, -0.05) is 31.0 Å². The zero-order valence-electron chi connectivity index (χ0n) is 25.5. The Labute approximate surface area is 262 Å². The maximum Gasteiger partial charge on any atom is 0.471 e. The molecule has 3 amide bonds. The van der Waals surface area contributed by atoms with Crippen LogP contribution in [-0.2, 0) is 11.3 Å². The normalized spacial score (nSPS) is 22.0. The molecule has 8 nitrogen and oxygen atoms in total. The van der Waals surface area contributed by atoms with Crippen LogP contribution in [0.5, 0.6) is 0 Å². The van der Waals surface area contributed by atoms with Crippen molar-refractivity contribution in [3.8, 4) is 0 Å². The van der Waals surface area contributed by atoms with Gasteiger partial charge in [0.1, 0.15) is 11.6 Å². The number of nitrogens with one attached hydrogen (secondary N) is 1. The van der Waals surface area contributed by atoms with Crippen molar-refractivity contribution in [1.29, 1.82) is 0 Å². The van der Waals surface area contributed by atoms with Crippen LogP contribution in [0.15, 0.2) is 53.3 Å². The molecule has 1 N–H and O–H groups in total. The molecule has 3 aromatic rings. The Morgan fingerprint density at radius 1 is 1.00 bits per heavy atom. The Morgan fingerprint density at radius 3 is 2.39 bits per heavy atom. The van der Waals surface area contributed by atoms with Gasteiger partial charge in [0.15, 0.2) is 0 Å². The summed E-state index contributed by atoms with van der Waals surface area (Å²) in [6.07, 6.45) is -1.53. The van der Waals surface area contributed by atoms with E-state index in [1.165, 1.54) is 4.90 Å². The van der Waals surface area contributed by atoms with Crippen LogP contribution in [0.25, 0.3) is 10.9 Å². The summed E-state index contributed by atoms with van der Waals surface area (Å²) in [4.78, 5) is 48.3. The summed E-state index contributed by atoms with van der Waals surface area (Å²) < 4.78 is 68.4. The van der Waals surface area contributed by atoms with Gasteiger partial charge in [-0.05, 0) is 60.9 Å². The van der Waals surface area contributed by atoms with Crippen LogP contribution in [-0.4, -0.2) is 87.5 Å². The first-order valence-corrected chi connectivity index (χ1v) is 15.6. The molecular formula is C33H36F5N5O3. The summed E-state index contributed by atoms with van der Waals surface area (Å²) in [5.74, 6) is -3.75. The zero-order valence-corrected chi connectivity index (χ0v) is 25.5. The number of alkyl halides is 3. The summed E-state index contributed by atoms with van der Waals surface area (Å²) in [6, 6.07) is 10.1. The fraction of sp³-hybridized carbons (Fsp3) is 0.485. The predicted octanol–water partition coefficient (Wildman–Crippen LogP) is 5.58. The number of nitrogens with zero attached hydrogens (tertiary/aromatic N) is 4. The lowest BCUT2D eigenvalue weighted by Gasteiger charge is -2.51. The number of H-pyrrole nitrogens is 1. The molecule has 2 aromatic carbocycles. The highest BCUT2D eigenvalue weighted by Crippen LogP contribution is 2.41. The van der Waals surface area contributed by atoms with Gasteiger partial charge in [0, 0.05) is 68.5 Å². The van der Waals surface area contributed by atoms with Gasteiger partial charge in [-0.15, -0.1) is 0 Å². The van der Waals surface area contributed by atoms with E-state index >= 15 is 0 Å². The number of fused-ring (bicyclic) bond motifs is 1. The molecule has 1 aromatic heterocycles. The van der Waals surface area contributed by atoms with Crippen molar-refractivity contribution in [1.82, 2.24) is 24.6 Å². The first kappa shape index (κ1) is 32.0. The van der Waals surface area contributed by atoms with E-state index in [9.17, 15) is 36.3 Å². The number of aromatic nitrogens is 1. The number of para-hydroxylation sites is 1. The molecule has 3 aliphatic rings. The topological polar surface area (TPSA) is 80.0 Å². The number of piperidine rings is 1. The summed E-state index contributed by atoms with van der Waals surface area (Å²) in [5, 5.41) is 0.928. The van der Waals surface area contributed by atoms with Crippen molar-refractivity contribution in [3.05, 3.63) is 81.6 Å². The smallest absolute Gasteiger partial charge is 0.335 e. The minimum absolute atomic E-state index is 0.00145. The van der Waals surface area contributed by atoms with Crippen LogP contribution >= 0.6 is 0 Å². The number of hydrogen-bond donors (Lipinski definition) is 1. The second kappa shape index (κ2) is 12.3. The monoisotopic (exact) mass is 645 g/mol. The number of carbonyl (C=O) groups excluding carboxylic acids is 2. The van der Waals surface area contributed by atoms with Gasteiger partial charge in [0.25, 0.3) is 5.56 Å². The predicted molar refractivity (Wildman–Crippen MR) is 161 cm³/mol. The number of halogens is 5. The average Bonchev–Trinajstić information content (AvgIpc) is 3.48. The van der Waals surface area contributed by atoms with Crippen LogP contribution in [0, 0.1) is 11.6 Å². The largest absolute Gasteiger partial charge is 0.471 e. The van der Waals surface area contributed by atoms with E-state index < -0.39 is 35.8 Å². The maximum absolute atomic E-state index is 14.3. The summed E-state index contributed by atoms with van der Waals surface area (Å²) in [7, 11) is 1.06. The number of carbonyl (C=O) groups is 2. The van der Waals surface area contributed by atoms with Gasteiger partial charge in [0.2, 0.25) is 0 Å². The molecule has 2 aliphatic heterocycles. The van der Waals surface area contributed by atoms with Crippen molar-refractivity contribution >= 4 is 22.8 Å². The Morgan fingerprint density at radius 2 is 1.70 bits per heavy atom. The van der Waals surface area contributed by atoms with Gasteiger partial charge in [0.05, 0.1) is 6.04 Å². The third-order valence-corrected chi connectivity index (χ3v) is 9.99. The van der Waals surface area contributed by atoms with Crippen LogP contribution in [0.3, 0.4) is 0 Å². The number of rotatable bonds is 4. The molecule has 3 heterocycles. The molecule has 246 valence electrons. The highest BCUT2D eigenvalue weighted by molar-refractivity contribution is 5.82. The SMILES string of the molecule is CN(C(=O)C(F)(F)F)[C@@H]1CCN(C(=O)N2CCN(Cc3cc4ccccc4[nH]c3=O)C3(CCCC3)C2)[C@H](c2cc(F)cc(F)c2)C1. The standard InChI is InChI=1S/C33H36F5N5O3/c1-40(30(45)33(36,37)38)26-8-11-43(28(18-26)22-15-24(34)17-25(35)16-22)31(46)41-12-13-42(32(20-41)9-4-5-10-32)19-23-14-21-6-2-3-7-27(21)39-29(23)44/h2-3,6-7,14-17,26,28H,4-5,8-13,18-20H2,1H3,(H,39,44)/t26-,28+/m1/s1. The van der Waals surface area contributed by atoms with Crippen molar-refractivity contribution in [2.75, 3.05) is 33.2 Å². The number of likely N-dealkylation sites (tertiary alicyclic amines) is 1. The molecule has 13 heteroatoms. The molecule has 1 spiro atoms. The first-order chi connectivity index (χ1) is 21.8. The molecule has 46 heavy (non-hydrogen) atoms. The van der Waals surface area contributed by atoms with Crippen molar-refractivity contribution in [3.63, 3.8) is 0 Å². The summed E-state index contributed by atoms with van der Waals surface area (Å²) in [5.41, 5.74) is 0.982. The highest BCUT2D eigenvalue weighted by atomic mass is 19.4. The lowest BCUT2D eigenvalue weighted by Crippen LogP contribution is -2.64. The lowest BCUT2D eigenvalue weighted by molar-refractivity contribution is -0.187. The summed E-state index contributed by atoms with van der Waals surface area (Å²) >= 11 is 0. The third kappa shape index (κ3) is 6.21. The van der Waals surface area contributed by atoms with Crippen molar-refractivity contribution in [2.24, 2.45) is 0 Å². The van der Waals surface area contributed by atoms with Gasteiger partial charge < -0.3 is 19.7 Å². The van der Waals surface area contributed by atoms with Crippen LogP contribution < -0.4 is 5.56 Å². The number of piperazine rings is 1. The third-order valence-electron chi connectivity index (χ3n) is 9.99. The lowest BCUT2D eigenvalue weighted by atomic mass is 9.89. The number of amides is 3. The Kier molecular flexibility index (Phi) is 8.55. The van der Waals surface area contributed by atoms with Gasteiger partial charge >= 0.3 is 18.1 Å². The van der Waals surface area contributed by atoms with E-state index in [2.05, 4.69) is 9.88 Å². The number of urea groups is 1. The van der Waals surface area contributed by atoms with Crippen LogP contribution in [0.1, 0.15) is 55.7 Å². The zero-order chi connectivity index (χ0) is 32.8. The average molecular weight is 646 g/mol. The molecule has 3 fully saturated rings. The second-order valence-corrected chi connectivity index (χ2v) is 12.8. The molecule has 2 atom stereocenters. The second-order valence-electron chi connectivity index (χ2n) is 12.8. The minimum atomic E-state index is -5.07. The molecule has 2 saturated heterocycles. The highest BCUT2D eigenvalue weighted by Gasteiger charge is 2.48. The minimum Gasteiger partial charge on any atom is -0.335 e. The fourth-order valence-corrected chi connectivity index (χ4v) is 7.60. The van der Waals surface area contributed by atoms with E-state index in [1.54, 1.807) is 4.90 Å². The van der Waals surface area contributed by atoms with Gasteiger partial charge in [-0.25, -0.2) is 13.6 Å². The molecule has 0 bridgehead atoms. The Bertz CT molecular complexity index is 1670. The number of pyridine rings is 1. The Balaban J connectivity index is 1.24. The molecule has 0 unspecified atom stereocenters. The molecule has 6 rings (SSSR count). The van der Waals surface area contributed by atoms with Crippen molar-refractivity contribution < 1.29 is 31.5 Å². The van der Waals surface area contributed by atoms with E-state index in [0.29, 0.717) is 42.7 Å². The van der Waals surface area contributed by atoms with E-state index in [1.807, 2.05) is 30.3 Å². The van der Waals surface area contributed by atoms with Crippen LogP contribution in [0.4, 0.5) is 26.7 Å². The van der Waals surface area contributed by atoms with E-state index in [0.717, 1.165) is 55.8 Å². The fourth-order valence-electron chi connectivity index (χ4n) is 7.60. The number of benzene rings is 2. The maximum atomic E-state index is 14.3. The molecule has 1 saturated carbocycles. The first-order valence-electron chi connectivity index (χ1n) is 15.6. The van der Waals surface area contributed by atoms with Gasteiger partial charge in [-0.3, -0.25) is 14.5 Å². The number of hydrogen-bond acceptors (Lipinski definition) is 4. The molecular weight excluding hydrogens is 609 g/mol. The quantitative estimate of drug-likeness (QED) is 0.376. The van der Waals surface area contributed by atoms with E-state index in [-0.39, 0.29) is 42.1 Å². The van der Waals surface area contributed by atoms with Crippen molar-refractivity contribution in [2.45, 2.75) is 68.9 Å². The Hall–Kier alpha value is -4.00. The van der Waals surface area contributed by atoms with E-state index in [4.69, 9.17) is 0 Å². The molecule has 0 radical (unpaired) electrons. The van der Waals surface area contributed by atoms with Gasteiger partial charge in [-0.2, -0.15) is 13.2 Å².